The predicted molar refractivity (Wildman–Crippen MR) is 96.1 cm³/mol. The number of rotatable bonds is 5. The first-order chi connectivity index (χ1) is 12.6. The Labute approximate surface area is 152 Å². The van der Waals surface area contributed by atoms with Crippen LogP contribution in [0.15, 0.2) is 36.8 Å². The highest BCUT2D eigenvalue weighted by atomic mass is 16.2. The van der Waals surface area contributed by atoms with Gasteiger partial charge in [-0.3, -0.25) is 24.5 Å². The van der Waals surface area contributed by atoms with Gasteiger partial charge in [0.05, 0.1) is 24.1 Å². The molecule has 2 amide bonds. The minimum absolute atomic E-state index is 0.153. The van der Waals surface area contributed by atoms with Crippen LogP contribution in [0.25, 0.3) is 0 Å². The highest BCUT2D eigenvalue weighted by Gasteiger charge is 2.21. The molecule has 0 aliphatic carbocycles. The minimum Gasteiger partial charge on any atom is -0.345 e. The van der Waals surface area contributed by atoms with Crippen LogP contribution in [0.4, 0.5) is 0 Å². The first-order valence-corrected chi connectivity index (χ1v) is 8.86. The summed E-state index contributed by atoms with van der Waals surface area (Å²) in [4.78, 5) is 38.1. The van der Waals surface area contributed by atoms with Crippen molar-refractivity contribution in [1.29, 1.82) is 0 Å². The molecule has 0 unspecified atom stereocenters. The fraction of sp³-hybridized carbons (Fsp3) is 0.421. The van der Waals surface area contributed by atoms with Crippen molar-refractivity contribution in [3.8, 4) is 0 Å². The van der Waals surface area contributed by atoms with Gasteiger partial charge < -0.3 is 10.2 Å². The van der Waals surface area contributed by atoms with Crippen LogP contribution in [-0.4, -0.2) is 44.8 Å². The first-order valence-electron chi connectivity index (χ1n) is 8.86. The van der Waals surface area contributed by atoms with Crippen molar-refractivity contribution in [3.05, 3.63) is 53.9 Å². The maximum Gasteiger partial charge on any atom is 0.270 e. The van der Waals surface area contributed by atoms with Crippen LogP contribution in [0.2, 0.25) is 0 Å². The van der Waals surface area contributed by atoms with Gasteiger partial charge in [-0.25, -0.2) is 0 Å². The maximum atomic E-state index is 12.0. The number of hydrogen-bond acceptors (Lipinski definition) is 5. The molecule has 7 nitrogen and oxygen atoms in total. The Balaban J connectivity index is 1.46. The molecule has 0 atom stereocenters. The molecule has 26 heavy (non-hydrogen) atoms. The van der Waals surface area contributed by atoms with Gasteiger partial charge in [-0.2, -0.15) is 0 Å². The van der Waals surface area contributed by atoms with E-state index in [1.54, 1.807) is 43.7 Å². The molecule has 136 valence electrons. The second kappa shape index (κ2) is 8.51. The van der Waals surface area contributed by atoms with Crippen molar-refractivity contribution >= 4 is 11.8 Å². The fourth-order valence-corrected chi connectivity index (χ4v) is 3.08. The van der Waals surface area contributed by atoms with E-state index >= 15 is 0 Å². The van der Waals surface area contributed by atoms with Crippen molar-refractivity contribution in [3.63, 3.8) is 0 Å². The third-order valence-electron chi connectivity index (χ3n) is 4.64. The molecule has 0 aromatic carbocycles. The highest BCUT2D eigenvalue weighted by molar-refractivity contribution is 5.92. The van der Waals surface area contributed by atoms with Crippen LogP contribution in [0.1, 0.15) is 41.6 Å². The molecule has 0 saturated carbocycles. The summed E-state index contributed by atoms with van der Waals surface area (Å²) in [6, 6.07) is 5.21. The lowest BCUT2D eigenvalue weighted by molar-refractivity contribution is -0.130. The SMILES string of the molecule is CC(=O)N1CCC(Cc2cnc(CNC(=O)c3ccccn3)cn2)CC1. The van der Waals surface area contributed by atoms with Gasteiger partial charge in [0.2, 0.25) is 5.91 Å². The quantitative estimate of drug-likeness (QED) is 0.882. The number of carbonyl (C=O) groups is 2. The van der Waals surface area contributed by atoms with Crippen molar-refractivity contribution in [1.82, 2.24) is 25.2 Å². The van der Waals surface area contributed by atoms with Gasteiger partial charge in [-0.05, 0) is 37.3 Å². The molecule has 3 rings (SSSR count). The summed E-state index contributed by atoms with van der Waals surface area (Å²) >= 11 is 0. The molecule has 2 aromatic rings. The number of piperidine rings is 1. The van der Waals surface area contributed by atoms with Crippen LogP contribution < -0.4 is 5.32 Å². The molecular weight excluding hydrogens is 330 g/mol. The number of carbonyl (C=O) groups excluding carboxylic acids is 2. The smallest absolute Gasteiger partial charge is 0.270 e. The monoisotopic (exact) mass is 353 g/mol. The second-order valence-corrected chi connectivity index (χ2v) is 6.55. The lowest BCUT2D eigenvalue weighted by Gasteiger charge is -2.31. The lowest BCUT2D eigenvalue weighted by Crippen LogP contribution is -2.37. The summed E-state index contributed by atoms with van der Waals surface area (Å²) in [5.41, 5.74) is 2.05. The van der Waals surface area contributed by atoms with E-state index in [2.05, 4.69) is 20.3 Å². The zero-order valence-electron chi connectivity index (χ0n) is 14.9. The van der Waals surface area contributed by atoms with E-state index in [1.807, 2.05) is 4.90 Å². The van der Waals surface area contributed by atoms with Crippen molar-refractivity contribution in [2.24, 2.45) is 5.92 Å². The second-order valence-electron chi connectivity index (χ2n) is 6.55. The largest absolute Gasteiger partial charge is 0.345 e. The van der Waals surface area contributed by atoms with E-state index in [9.17, 15) is 9.59 Å². The lowest BCUT2D eigenvalue weighted by atomic mass is 9.92. The third-order valence-corrected chi connectivity index (χ3v) is 4.64. The average molecular weight is 353 g/mol. The van der Waals surface area contributed by atoms with Crippen molar-refractivity contribution < 1.29 is 9.59 Å². The van der Waals surface area contributed by atoms with Gasteiger partial charge in [-0.1, -0.05) is 6.07 Å². The van der Waals surface area contributed by atoms with E-state index < -0.39 is 0 Å². The summed E-state index contributed by atoms with van der Waals surface area (Å²) in [6.45, 7) is 3.59. The molecule has 2 aromatic heterocycles. The molecule has 0 radical (unpaired) electrons. The van der Waals surface area contributed by atoms with E-state index in [0.717, 1.165) is 38.0 Å². The van der Waals surface area contributed by atoms with Crippen LogP contribution in [0.3, 0.4) is 0 Å². The normalized spacial score (nSPS) is 14.9. The molecule has 3 heterocycles. The summed E-state index contributed by atoms with van der Waals surface area (Å²) in [5, 5.41) is 2.79. The minimum atomic E-state index is -0.228. The topological polar surface area (TPSA) is 88.1 Å². The summed E-state index contributed by atoms with van der Waals surface area (Å²) in [5.74, 6) is 0.462. The molecule has 0 bridgehead atoms. The van der Waals surface area contributed by atoms with Gasteiger partial charge in [0, 0.05) is 32.4 Å². The Hall–Kier alpha value is -2.83. The molecule has 1 aliphatic rings. The number of nitrogens with zero attached hydrogens (tertiary/aromatic N) is 4. The number of nitrogens with one attached hydrogen (secondary N) is 1. The zero-order chi connectivity index (χ0) is 18.4. The van der Waals surface area contributed by atoms with Crippen LogP contribution in [-0.2, 0) is 17.8 Å². The van der Waals surface area contributed by atoms with Crippen LogP contribution >= 0.6 is 0 Å². The maximum absolute atomic E-state index is 12.0. The Morgan fingerprint density at radius 1 is 1.12 bits per heavy atom. The zero-order valence-corrected chi connectivity index (χ0v) is 14.9. The van der Waals surface area contributed by atoms with E-state index in [1.165, 1.54) is 0 Å². The Morgan fingerprint density at radius 3 is 2.46 bits per heavy atom. The molecular formula is C19H23N5O2. The van der Waals surface area contributed by atoms with Gasteiger partial charge in [-0.15, -0.1) is 0 Å². The Morgan fingerprint density at radius 2 is 1.85 bits per heavy atom. The summed E-state index contributed by atoms with van der Waals surface area (Å²) in [7, 11) is 0. The Kier molecular flexibility index (Phi) is 5.88. The fourth-order valence-electron chi connectivity index (χ4n) is 3.08. The van der Waals surface area contributed by atoms with Gasteiger partial charge in [0.25, 0.3) is 5.91 Å². The number of likely N-dealkylation sites (tertiary alicyclic amines) is 1. The highest BCUT2D eigenvalue weighted by Crippen LogP contribution is 2.20. The summed E-state index contributed by atoms with van der Waals surface area (Å²) < 4.78 is 0. The predicted octanol–water partition coefficient (Wildman–Crippen LogP) is 1.60. The van der Waals surface area contributed by atoms with Gasteiger partial charge >= 0.3 is 0 Å². The van der Waals surface area contributed by atoms with Crippen LogP contribution in [0.5, 0.6) is 0 Å². The van der Waals surface area contributed by atoms with E-state index in [-0.39, 0.29) is 11.8 Å². The van der Waals surface area contributed by atoms with E-state index in [0.29, 0.717) is 23.9 Å². The average Bonchev–Trinajstić information content (AvgIpc) is 2.68. The molecule has 7 heteroatoms. The van der Waals surface area contributed by atoms with Crippen molar-refractivity contribution in [2.45, 2.75) is 32.7 Å². The number of amides is 2. The molecule has 1 saturated heterocycles. The van der Waals surface area contributed by atoms with Crippen molar-refractivity contribution in [2.75, 3.05) is 13.1 Å². The number of hydrogen-bond donors (Lipinski definition) is 1. The number of pyridine rings is 1. The number of aromatic nitrogens is 3. The molecule has 0 spiro atoms. The summed E-state index contributed by atoms with van der Waals surface area (Å²) in [6.07, 6.45) is 7.95. The van der Waals surface area contributed by atoms with Gasteiger partial charge in [0.15, 0.2) is 0 Å². The molecule has 1 fully saturated rings. The van der Waals surface area contributed by atoms with Crippen LogP contribution in [0, 0.1) is 5.92 Å². The van der Waals surface area contributed by atoms with E-state index in [4.69, 9.17) is 0 Å². The van der Waals surface area contributed by atoms with Gasteiger partial charge in [0.1, 0.15) is 5.69 Å². The third kappa shape index (κ3) is 4.84. The standard InChI is InChI=1S/C19H23N5O2/c1-14(25)24-8-5-15(6-9-24)10-16-11-22-17(12-21-16)13-23-19(26)18-4-2-3-7-20-18/h2-4,7,11-12,15H,5-6,8-10,13H2,1H3,(H,23,26). The molecule has 1 N–H and O–H groups in total. The molecule has 1 aliphatic heterocycles. The Bertz CT molecular complexity index is 740. The first kappa shape index (κ1) is 18.0.